The molecule has 0 saturated heterocycles. The third kappa shape index (κ3) is 2.20. The summed E-state index contributed by atoms with van der Waals surface area (Å²) in [5, 5.41) is 0. The predicted molar refractivity (Wildman–Crippen MR) is 69.3 cm³/mol. The second-order valence-electron chi connectivity index (χ2n) is 2.04. The van der Waals surface area contributed by atoms with E-state index in [0.717, 1.165) is 0 Å². The maximum Gasteiger partial charge on any atom is 0.0397 e. The molecule has 0 nitrogen and oxygen atoms in total. The molecule has 0 unspecified atom stereocenters. The van der Waals surface area contributed by atoms with Gasteiger partial charge in [0.05, 0.1) is 0 Å². The zero-order valence-corrected chi connectivity index (χ0v) is 11.8. The van der Waals surface area contributed by atoms with Crippen LogP contribution in [0.3, 0.4) is 0 Å². The van der Waals surface area contributed by atoms with E-state index in [1.165, 1.54) is 16.3 Å². The van der Waals surface area contributed by atoms with Gasteiger partial charge in [-0.2, -0.15) is 0 Å². The fourth-order valence-electron chi connectivity index (χ4n) is 0.682. The largest absolute Gasteiger partial charge is 0.0490 e. The van der Waals surface area contributed by atoms with E-state index in [4.69, 9.17) is 0 Å². The Morgan fingerprint density at radius 2 is 1.40 bits per heavy atom. The van der Waals surface area contributed by atoms with Gasteiger partial charge in [0.15, 0.2) is 0 Å². The number of hydrogen-bond acceptors (Lipinski definition) is 0. The Labute approximate surface area is 102 Å². The van der Waals surface area contributed by atoms with E-state index < -0.39 is 0 Å². The highest BCUT2D eigenvalue weighted by Crippen LogP contribution is 2.22. The van der Waals surface area contributed by atoms with E-state index in [-0.39, 0.29) is 0 Å². The summed E-state index contributed by atoms with van der Waals surface area (Å²) in [7, 11) is 0. The Kier molecular flexibility index (Phi) is 3.69. The van der Waals surface area contributed by atoms with Crippen LogP contribution in [0, 0.1) is 17.6 Å². The Balaban J connectivity index is 3.31. The average molecular weight is 470 g/mol. The maximum absolute atomic E-state index is 2.37. The molecule has 0 aromatic heterocycles. The first-order valence-corrected chi connectivity index (χ1v) is 5.96. The van der Waals surface area contributed by atoms with Gasteiger partial charge in [0.1, 0.15) is 0 Å². The SMILES string of the molecule is Cc1cc(I)c(I)c(I)c1. The zero-order chi connectivity index (χ0) is 7.72. The molecule has 10 heavy (non-hydrogen) atoms. The van der Waals surface area contributed by atoms with Crippen molar-refractivity contribution in [1.82, 2.24) is 0 Å². The van der Waals surface area contributed by atoms with E-state index in [9.17, 15) is 0 Å². The zero-order valence-electron chi connectivity index (χ0n) is 5.29. The summed E-state index contributed by atoms with van der Waals surface area (Å²) in [5.74, 6) is 0. The summed E-state index contributed by atoms with van der Waals surface area (Å²) in [5.41, 5.74) is 1.34. The van der Waals surface area contributed by atoms with Crippen molar-refractivity contribution in [2.75, 3.05) is 0 Å². The molecule has 1 aromatic carbocycles. The van der Waals surface area contributed by atoms with Gasteiger partial charge in [-0.1, -0.05) is 0 Å². The Morgan fingerprint density at radius 3 is 1.80 bits per heavy atom. The van der Waals surface area contributed by atoms with E-state index in [2.05, 4.69) is 86.8 Å². The van der Waals surface area contributed by atoms with Crippen molar-refractivity contribution in [3.63, 3.8) is 0 Å². The summed E-state index contributed by atoms with van der Waals surface area (Å²) in [6.45, 7) is 2.13. The third-order valence-corrected chi connectivity index (χ3v) is 6.06. The smallest absolute Gasteiger partial charge is 0.0397 e. The van der Waals surface area contributed by atoms with E-state index in [1.807, 2.05) is 0 Å². The molecule has 0 bridgehead atoms. The minimum atomic E-state index is 1.34. The van der Waals surface area contributed by atoms with Gasteiger partial charge in [0.25, 0.3) is 0 Å². The number of benzene rings is 1. The predicted octanol–water partition coefficient (Wildman–Crippen LogP) is 3.81. The highest BCUT2D eigenvalue weighted by Gasteiger charge is 2.00. The molecule has 0 aliphatic rings. The van der Waals surface area contributed by atoms with E-state index in [1.54, 1.807) is 0 Å². The van der Waals surface area contributed by atoms with Gasteiger partial charge in [-0.3, -0.25) is 0 Å². The van der Waals surface area contributed by atoms with Gasteiger partial charge < -0.3 is 0 Å². The number of aryl methyl sites for hydroxylation is 1. The molecule has 0 N–H and O–H groups in total. The van der Waals surface area contributed by atoms with Crippen LogP contribution in [0.5, 0.6) is 0 Å². The molecule has 0 saturated carbocycles. The fraction of sp³-hybridized carbons (Fsp3) is 0.143. The van der Waals surface area contributed by atoms with Crippen molar-refractivity contribution in [3.8, 4) is 0 Å². The standard InChI is InChI=1S/C7H5I3/c1-4-2-5(8)7(10)6(9)3-4/h2-3H,1H3. The van der Waals surface area contributed by atoms with Crippen molar-refractivity contribution in [1.29, 1.82) is 0 Å². The molecule has 3 heteroatoms. The Hall–Kier alpha value is 1.41. The molecule has 1 rings (SSSR count). The Bertz CT molecular complexity index is 232. The van der Waals surface area contributed by atoms with Gasteiger partial charge >= 0.3 is 0 Å². The molecular formula is C7H5I3. The lowest BCUT2D eigenvalue weighted by atomic mass is 10.2. The Morgan fingerprint density at radius 1 is 1.00 bits per heavy atom. The van der Waals surface area contributed by atoms with Gasteiger partial charge in [-0.05, 0) is 92.4 Å². The highest BCUT2D eigenvalue weighted by molar-refractivity contribution is 14.1. The highest BCUT2D eigenvalue weighted by atomic mass is 127. The van der Waals surface area contributed by atoms with Gasteiger partial charge in [0.2, 0.25) is 0 Å². The number of hydrogen-bond donors (Lipinski definition) is 0. The molecule has 0 spiro atoms. The van der Waals surface area contributed by atoms with Crippen LogP contribution in [0.25, 0.3) is 0 Å². The molecule has 1 aromatic rings. The lowest BCUT2D eigenvalue weighted by molar-refractivity contribution is 1.40. The van der Waals surface area contributed by atoms with Crippen LogP contribution in [0.4, 0.5) is 0 Å². The first-order valence-electron chi connectivity index (χ1n) is 2.72. The molecule has 0 aliphatic carbocycles. The van der Waals surface area contributed by atoms with Crippen molar-refractivity contribution in [2.45, 2.75) is 6.92 Å². The third-order valence-electron chi connectivity index (χ3n) is 1.13. The number of rotatable bonds is 0. The molecular weight excluding hydrogens is 465 g/mol. The summed E-state index contributed by atoms with van der Waals surface area (Å²) >= 11 is 7.10. The van der Waals surface area contributed by atoms with Crippen LogP contribution in [-0.2, 0) is 0 Å². The maximum atomic E-state index is 2.37. The van der Waals surface area contributed by atoms with Gasteiger partial charge in [-0.25, -0.2) is 0 Å². The first kappa shape index (κ1) is 9.50. The van der Waals surface area contributed by atoms with Gasteiger partial charge in [-0.15, -0.1) is 0 Å². The molecule has 0 heterocycles. The first-order chi connectivity index (χ1) is 4.61. The normalized spacial score (nSPS) is 10.0. The lowest BCUT2D eigenvalue weighted by Gasteiger charge is -2.00. The monoisotopic (exact) mass is 470 g/mol. The summed E-state index contributed by atoms with van der Waals surface area (Å²) in [6.07, 6.45) is 0. The van der Waals surface area contributed by atoms with Gasteiger partial charge in [0, 0.05) is 10.7 Å². The van der Waals surface area contributed by atoms with Crippen LogP contribution < -0.4 is 0 Å². The lowest BCUT2D eigenvalue weighted by Crippen LogP contribution is -1.86. The van der Waals surface area contributed by atoms with E-state index in [0.29, 0.717) is 0 Å². The van der Waals surface area contributed by atoms with Crippen molar-refractivity contribution >= 4 is 67.8 Å². The summed E-state index contributed by atoms with van der Waals surface area (Å²) in [4.78, 5) is 0. The minimum absolute atomic E-state index is 1.34. The summed E-state index contributed by atoms with van der Waals surface area (Å²) < 4.78 is 4.06. The molecule has 0 aliphatic heterocycles. The second-order valence-corrected chi connectivity index (χ2v) is 5.45. The van der Waals surface area contributed by atoms with Crippen LogP contribution >= 0.6 is 67.8 Å². The molecule has 54 valence electrons. The molecule has 0 amide bonds. The quantitative estimate of drug-likeness (QED) is 0.400. The fourth-order valence-corrected chi connectivity index (χ4v) is 3.07. The molecule has 0 radical (unpaired) electrons. The average Bonchev–Trinajstić information content (AvgIpc) is 1.82. The van der Waals surface area contributed by atoms with Crippen molar-refractivity contribution in [2.24, 2.45) is 0 Å². The number of halogens is 3. The van der Waals surface area contributed by atoms with Crippen molar-refractivity contribution < 1.29 is 0 Å². The molecule has 0 fully saturated rings. The van der Waals surface area contributed by atoms with Crippen LogP contribution in [-0.4, -0.2) is 0 Å². The van der Waals surface area contributed by atoms with Crippen LogP contribution in [0.2, 0.25) is 0 Å². The van der Waals surface area contributed by atoms with Crippen LogP contribution in [0.1, 0.15) is 5.56 Å². The second kappa shape index (κ2) is 3.88. The van der Waals surface area contributed by atoms with Crippen molar-refractivity contribution in [3.05, 3.63) is 28.4 Å². The summed E-state index contributed by atoms with van der Waals surface area (Å²) in [6, 6.07) is 4.40. The minimum Gasteiger partial charge on any atom is -0.0490 e. The topological polar surface area (TPSA) is 0 Å². The van der Waals surface area contributed by atoms with Crippen LogP contribution in [0.15, 0.2) is 12.1 Å². The molecule has 0 atom stereocenters. The van der Waals surface area contributed by atoms with E-state index >= 15 is 0 Å².